The van der Waals surface area contributed by atoms with Crippen LogP contribution in [-0.2, 0) is 6.42 Å². The van der Waals surface area contributed by atoms with Crippen LogP contribution in [0.4, 0.5) is 5.69 Å². The fourth-order valence-electron chi connectivity index (χ4n) is 2.78. The summed E-state index contributed by atoms with van der Waals surface area (Å²) >= 11 is 0. The smallest absolute Gasteiger partial charge is 0.0346 e. The Labute approximate surface area is 138 Å². The van der Waals surface area contributed by atoms with E-state index in [4.69, 9.17) is 5.73 Å². The second-order valence-electron chi connectivity index (χ2n) is 6.06. The molecule has 1 aromatic carbocycles. The molecule has 0 fully saturated rings. The quantitative estimate of drug-likeness (QED) is 0.368. The van der Waals surface area contributed by atoms with Crippen LogP contribution in [0, 0.1) is 6.92 Å². The predicted molar refractivity (Wildman–Crippen MR) is 98.4 cm³/mol. The Hall–Kier alpha value is -0.690. The van der Waals surface area contributed by atoms with Gasteiger partial charge in [-0.1, -0.05) is 76.8 Å². The van der Waals surface area contributed by atoms with Crippen molar-refractivity contribution in [2.75, 3.05) is 5.73 Å². The molecule has 21 heavy (non-hydrogen) atoms. The summed E-state index contributed by atoms with van der Waals surface area (Å²) in [5.74, 6) is 0. The standard InChI is InChI=1S/C19H33N.ClH/c1-3-4-5-6-7-8-9-10-11-12-14-18-15-13-16-19(20)17(18)2;/h13,15-16H,3-12,14,20H2,1-2H3;1H. The fourth-order valence-corrected chi connectivity index (χ4v) is 2.78. The Morgan fingerprint density at radius 2 is 1.33 bits per heavy atom. The van der Waals surface area contributed by atoms with Gasteiger partial charge in [0.05, 0.1) is 0 Å². The highest BCUT2D eigenvalue weighted by Crippen LogP contribution is 2.18. The van der Waals surface area contributed by atoms with Crippen LogP contribution in [0.1, 0.15) is 82.3 Å². The highest BCUT2D eigenvalue weighted by molar-refractivity contribution is 5.85. The molecule has 0 aromatic heterocycles. The van der Waals surface area contributed by atoms with Crippen molar-refractivity contribution in [3.63, 3.8) is 0 Å². The van der Waals surface area contributed by atoms with E-state index < -0.39 is 0 Å². The average molecular weight is 312 g/mol. The molecule has 0 bridgehead atoms. The highest BCUT2D eigenvalue weighted by atomic mass is 35.5. The summed E-state index contributed by atoms with van der Waals surface area (Å²) in [6.07, 6.45) is 15.2. The molecule has 0 unspecified atom stereocenters. The van der Waals surface area contributed by atoms with E-state index in [0.717, 1.165) is 5.69 Å². The summed E-state index contributed by atoms with van der Waals surface area (Å²) in [6, 6.07) is 6.30. The number of hydrogen-bond acceptors (Lipinski definition) is 1. The van der Waals surface area contributed by atoms with Crippen LogP contribution in [0.3, 0.4) is 0 Å². The molecule has 0 amide bonds. The van der Waals surface area contributed by atoms with Crippen LogP contribution < -0.4 is 5.73 Å². The largest absolute Gasteiger partial charge is 0.399 e. The maximum absolute atomic E-state index is 5.94. The molecule has 2 heteroatoms. The van der Waals surface area contributed by atoms with Gasteiger partial charge in [-0.05, 0) is 37.0 Å². The molecular formula is C19H34ClN. The second-order valence-corrected chi connectivity index (χ2v) is 6.06. The number of rotatable bonds is 11. The van der Waals surface area contributed by atoms with Crippen LogP contribution >= 0.6 is 12.4 Å². The normalized spacial score (nSPS) is 10.4. The van der Waals surface area contributed by atoms with Crippen LogP contribution in [0.15, 0.2) is 18.2 Å². The van der Waals surface area contributed by atoms with Gasteiger partial charge < -0.3 is 5.73 Å². The molecule has 2 N–H and O–H groups in total. The number of anilines is 1. The van der Waals surface area contributed by atoms with E-state index in [1.54, 1.807) is 0 Å². The third kappa shape index (κ3) is 9.03. The molecule has 122 valence electrons. The van der Waals surface area contributed by atoms with Gasteiger partial charge in [-0.15, -0.1) is 12.4 Å². The van der Waals surface area contributed by atoms with E-state index in [1.807, 2.05) is 6.07 Å². The van der Waals surface area contributed by atoms with Crippen molar-refractivity contribution in [3.05, 3.63) is 29.3 Å². The second kappa shape index (κ2) is 13.0. The zero-order valence-corrected chi connectivity index (χ0v) is 14.8. The van der Waals surface area contributed by atoms with Gasteiger partial charge in [-0.3, -0.25) is 0 Å². The first kappa shape index (κ1) is 20.3. The summed E-state index contributed by atoms with van der Waals surface area (Å²) < 4.78 is 0. The van der Waals surface area contributed by atoms with Crippen LogP contribution in [0.25, 0.3) is 0 Å². The molecule has 0 radical (unpaired) electrons. The zero-order chi connectivity index (χ0) is 14.6. The van der Waals surface area contributed by atoms with Gasteiger partial charge in [-0.2, -0.15) is 0 Å². The Morgan fingerprint density at radius 1 is 0.810 bits per heavy atom. The molecular weight excluding hydrogens is 278 g/mol. The predicted octanol–water partition coefficient (Wildman–Crippen LogP) is 6.46. The third-order valence-electron chi connectivity index (χ3n) is 4.29. The lowest BCUT2D eigenvalue weighted by Gasteiger charge is -2.08. The van der Waals surface area contributed by atoms with E-state index in [9.17, 15) is 0 Å². The van der Waals surface area contributed by atoms with Gasteiger partial charge >= 0.3 is 0 Å². The Kier molecular flexibility index (Phi) is 12.6. The molecule has 0 atom stereocenters. The molecule has 0 aliphatic rings. The lowest BCUT2D eigenvalue weighted by atomic mass is 10.00. The number of aryl methyl sites for hydroxylation is 1. The molecule has 0 spiro atoms. The van der Waals surface area contributed by atoms with E-state index in [1.165, 1.54) is 81.8 Å². The van der Waals surface area contributed by atoms with Gasteiger partial charge in [0.25, 0.3) is 0 Å². The van der Waals surface area contributed by atoms with Gasteiger partial charge in [0, 0.05) is 5.69 Å². The first-order chi connectivity index (χ1) is 9.75. The maximum atomic E-state index is 5.94. The van der Waals surface area contributed by atoms with Crippen LogP contribution in [0.5, 0.6) is 0 Å². The van der Waals surface area contributed by atoms with Crippen LogP contribution in [-0.4, -0.2) is 0 Å². The number of unbranched alkanes of at least 4 members (excludes halogenated alkanes) is 9. The van der Waals surface area contributed by atoms with Crippen LogP contribution in [0.2, 0.25) is 0 Å². The fraction of sp³-hybridized carbons (Fsp3) is 0.684. The molecule has 0 aliphatic heterocycles. The van der Waals surface area contributed by atoms with Gasteiger partial charge in [-0.25, -0.2) is 0 Å². The number of halogens is 1. The summed E-state index contributed by atoms with van der Waals surface area (Å²) in [6.45, 7) is 4.42. The lowest BCUT2D eigenvalue weighted by molar-refractivity contribution is 0.556. The summed E-state index contributed by atoms with van der Waals surface area (Å²) in [7, 11) is 0. The highest BCUT2D eigenvalue weighted by Gasteiger charge is 2.00. The van der Waals surface area contributed by atoms with Gasteiger partial charge in [0.15, 0.2) is 0 Å². The molecule has 1 nitrogen and oxygen atoms in total. The minimum atomic E-state index is 0. The Balaban J connectivity index is 0.00000400. The number of nitrogens with two attached hydrogens (primary N) is 1. The summed E-state index contributed by atoms with van der Waals surface area (Å²) in [4.78, 5) is 0. The first-order valence-electron chi connectivity index (χ1n) is 8.59. The number of nitrogen functional groups attached to an aromatic ring is 1. The minimum absolute atomic E-state index is 0. The van der Waals surface area contributed by atoms with Crippen molar-refractivity contribution >= 4 is 18.1 Å². The van der Waals surface area contributed by atoms with Gasteiger partial charge in [0.1, 0.15) is 0 Å². The average Bonchev–Trinajstić information content (AvgIpc) is 2.45. The van der Waals surface area contributed by atoms with Crippen molar-refractivity contribution in [3.8, 4) is 0 Å². The molecule has 1 rings (SSSR count). The van der Waals surface area contributed by atoms with E-state index in [0.29, 0.717) is 0 Å². The Bertz CT molecular complexity index is 363. The van der Waals surface area contributed by atoms with Crippen molar-refractivity contribution in [1.29, 1.82) is 0 Å². The summed E-state index contributed by atoms with van der Waals surface area (Å²) in [5.41, 5.74) is 9.60. The molecule has 0 aliphatic carbocycles. The molecule has 0 heterocycles. The third-order valence-corrected chi connectivity index (χ3v) is 4.29. The minimum Gasteiger partial charge on any atom is -0.399 e. The molecule has 0 saturated carbocycles. The Morgan fingerprint density at radius 3 is 1.90 bits per heavy atom. The van der Waals surface area contributed by atoms with Crippen molar-refractivity contribution in [2.24, 2.45) is 0 Å². The van der Waals surface area contributed by atoms with Crippen molar-refractivity contribution in [2.45, 2.75) is 84.5 Å². The number of benzene rings is 1. The zero-order valence-electron chi connectivity index (χ0n) is 14.0. The monoisotopic (exact) mass is 311 g/mol. The van der Waals surface area contributed by atoms with Gasteiger partial charge in [0.2, 0.25) is 0 Å². The van der Waals surface area contributed by atoms with E-state index >= 15 is 0 Å². The lowest BCUT2D eigenvalue weighted by Crippen LogP contribution is -1.95. The van der Waals surface area contributed by atoms with Crippen molar-refractivity contribution in [1.82, 2.24) is 0 Å². The number of hydrogen-bond donors (Lipinski definition) is 1. The van der Waals surface area contributed by atoms with Crippen molar-refractivity contribution < 1.29 is 0 Å². The van der Waals surface area contributed by atoms with E-state index in [2.05, 4.69) is 26.0 Å². The first-order valence-corrected chi connectivity index (χ1v) is 8.59. The molecule has 0 saturated heterocycles. The summed E-state index contributed by atoms with van der Waals surface area (Å²) in [5, 5.41) is 0. The van der Waals surface area contributed by atoms with E-state index in [-0.39, 0.29) is 12.4 Å². The topological polar surface area (TPSA) is 26.0 Å². The SMILES string of the molecule is CCCCCCCCCCCCc1cccc(N)c1C.Cl. The maximum Gasteiger partial charge on any atom is 0.0346 e. The molecule has 1 aromatic rings.